The maximum Gasteiger partial charge on any atom is 0.350 e. The molecule has 1 fully saturated rings. The van der Waals surface area contributed by atoms with E-state index in [9.17, 15) is 9.59 Å². The van der Waals surface area contributed by atoms with Crippen LogP contribution in [0.5, 0.6) is 0 Å². The normalized spacial score (nSPS) is 15.0. The Bertz CT molecular complexity index is 751. The molecule has 1 aromatic heterocycles. The zero-order valence-electron chi connectivity index (χ0n) is 14.5. The number of esters is 1. The van der Waals surface area contributed by atoms with E-state index in [0.717, 1.165) is 36.4 Å². The Labute approximate surface area is 151 Å². The first-order valence-electron chi connectivity index (χ1n) is 8.40. The maximum atomic E-state index is 12.4. The summed E-state index contributed by atoms with van der Waals surface area (Å²) in [5.41, 5.74) is 1.69. The molecule has 2 heterocycles. The first-order valence-corrected chi connectivity index (χ1v) is 9.21. The van der Waals surface area contributed by atoms with Crippen LogP contribution in [0.3, 0.4) is 0 Å². The number of hydrogen-bond donors (Lipinski definition) is 1. The summed E-state index contributed by atoms with van der Waals surface area (Å²) in [6.07, 6.45) is 1.74. The number of hydrogen-bond acceptors (Lipinski definition) is 5. The Morgan fingerprint density at radius 2 is 1.88 bits per heavy atom. The van der Waals surface area contributed by atoms with Gasteiger partial charge in [-0.3, -0.25) is 4.79 Å². The van der Waals surface area contributed by atoms with Gasteiger partial charge in [0.15, 0.2) is 0 Å². The third kappa shape index (κ3) is 3.75. The molecule has 25 heavy (non-hydrogen) atoms. The van der Waals surface area contributed by atoms with Gasteiger partial charge in [0.2, 0.25) is 5.91 Å². The van der Waals surface area contributed by atoms with Gasteiger partial charge >= 0.3 is 5.97 Å². The molecule has 0 spiro atoms. The molecular formula is C19H22N2O3S. The summed E-state index contributed by atoms with van der Waals surface area (Å²) in [7, 11) is 1.37. The van der Waals surface area contributed by atoms with Crippen molar-refractivity contribution < 1.29 is 14.3 Å². The van der Waals surface area contributed by atoms with E-state index in [-0.39, 0.29) is 11.9 Å². The van der Waals surface area contributed by atoms with Crippen LogP contribution < -0.4 is 10.2 Å². The molecule has 0 atom stereocenters. The van der Waals surface area contributed by atoms with Crippen LogP contribution in [-0.4, -0.2) is 38.1 Å². The van der Waals surface area contributed by atoms with Crippen molar-refractivity contribution in [1.29, 1.82) is 0 Å². The molecule has 1 saturated heterocycles. The van der Waals surface area contributed by atoms with Crippen molar-refractivity contribution in [2.24, 2.45) is 0 Å². The zero-order valence-corrected chi connectivity index (χ0v) is 15.3. The van der Waals surface area contributed by atoms with Crippen molar-refractivity contribution in [3.8, 4) is 10.4 Å². The fourth-order valence-electron chi connectivity index (χ4n) is 3.23. The number of carbonyl (C=O) groups is 2. The molecule has 1 aromatic carbocycles. The largest absolute Gasteiger partial charge is 0.465 e. The number of amides is 1. The number of nitrogens with zero attached hydrogens (tertiary/aromatic N) is 1. The van der Waals surface area contributed by atoms with Crippen LogP contribution in [0.25, 0.3) is 10.4 Å². The summed E-state index contributed by atoms with van der Waals surface area (Å²) in [4.78, 5) is 27.9. The van der Waals surface area contributed by atoms with Crippen LogP contribution in [0.15, 0.2) is 36.4 Å². The molecule has 1 aliphatic heterocycles. The Morgan fingerprint density at radius 3 is 2.48 bits per heavy atom. The number of rotatable bonds is 4. The summed E-state index contributed by atoms with van der Waals surface area (Å²) in [6.45, 7) is 3.30. The highest BCUT2D eigenvalue weighted by Gasteiger charge is 2.30. The van der Waals surface area contributed by atoms with Gasteiger partial charge in [0.1, 0.15) is 4.88 Å². The maximum absolute atomic E-state index is 12.4. The van der Waals surface area contributed by atoms with Gasteiger partial charge < -0.3 is 15.0 Å². The van der Waals surface area contributed by atoms with Gasteiger partial charge in [-0.2, -0.15) is 0 Å². The fraction of sp³-hybridized carbons (Fsp3) is 0.368. The molecule has 1 aliphatic rings. The van der Waals surface area contributed by atoms with Crippen LogP contribution in [0.4, 0.5) is 5.69 Å². The number of thiophene rings is 1. The van der Waals surface area contributed by atoms with E-state index < -0.39 is 5.97 Å². The molecule has 0 unspecified atom stereocenters. The van der Waals surface area contributed by atoms with Crippen molar-refractivity contribution in [2.75, 3.05) is 25.1 Å². The minimum Gasteiger partial charge on any atom is -0.465 e. The number of carbonyl (C=O) groups excluding carboxylic acids is 2. The van der Waals surface area contributed by atoms with E-state index in [1.54, 1.807) is 11.8 Å². The van der Waals surface area contributed by atoms with Crippen LogP contribution >= 0.6 is 11.3 Å². The van der Waals surface area contributed by atoms with E-state index in [0.29, 0.717) is 10.6 Å². The average Bonchev–Trinajstić information content (AvgIpc) is 3.07. The molecule has 1 amide bonds. The first kappa shape index (κ1) is 17.6. The molecule has 0 aliphatic carbocycles. The van der Waals surface area contributed by atoms with E-state index in [1.807, 2.05) is 36.4 Å². The zero-order chi connectivity index (χ0) is 17.8. The van der Waals surface area contributed by atoms with Crippen LogP contribution in [0, 0.1) is 0 Å². The standard InChI is InChI=1S/C19H22N2O3S/c1-13(22)21(15-8-10-20-11-9-15)16-12-17(14-6-4-3-5-7-14)25-18(16)19(23)24-2/h3-7,12,15,20H,8-11H2,1-2H3. The third-order valence-electron chi connectivity index (χ3n) is 4.41. The predicted octanol–water partition coefficient (Wildman–Crippen LogP) is 3.31. The van der Waals surface area contributed by atoms with Crippen molar-refractivity contribution in [2.45, 2.75) is 25.8 Å². The van der Waals surface area contributed by atoms with Gasteiger partial charge in [0.25, 0.3) is 0 Å². The van der Waals surface area contributed by atoms with Crippen LogP contribution in [0.1, 0.15) is 29.4 Å². The number of piperidine rings is 1. The second kappa shape index (κ2) is 7.80. The number of anilines is 1. The van der Waals surface area contributed by atoms with Gasteiger partial charge in [-0.05, 0) is 37.6 Å². The van der Waals surface area contributed by atoms with E-state index >= 15 is 0 Å². The topological polar surface area (TPSA) is 58.6 Å². The van der Waals surface area contributed by atoms with Gasteiger partial charge in [0.05, 0.1) is 12.8 Å². The van der Waals surface area contributed by atoms with Gasteiger partial charge in [0, 0.05) is 17.8 Å². The summed E-state index contributed by atoms with van der Waals surface area (Å²) in [5, 5.41) is 3.31. The van der Waals surface area contributed by atoms with E-state index in [1.165, 1.54) is 18.4 Å². The Hall–Kier alpha value is -2.18. The Morgan fingerprint density at radius 1 is 1.20 bits per heavy atom. The van der Waals surface area contributed by atoms with Crippen molar-refractivity contribution in [3.05, 3.63) is 41.3 Å². The Balaban J connectivity index is 2.06. The molecule has 1 N–H and O–H groups in total. The summed E-state index contributed by atoms with van der Waals surface area (Å²) < 4.78 is 4.96. The highest BCUT2D eigenvalue weighted by atomic mass is 32.1. The fourth-order valence-corrected chi connectivity index (χ4v) is 4.31. The molecule has 132 valence electrons. The lowest BCUT2D eigenvalue weighted by Crippen LogP contribution is -2.45. The van der Waals surface area contributed by atoms with Gasteiger partial charge in [-0.25, -0.2) is 4.79 Å². The van der Waals surface area contributed by atoms with Gasteiger partial charge in [-0.15, -0.1) is 11.3 Å². The average molecular weight is 358 g/mol. The number of benzene rings is 1. The van der Waals surface area contributed by atoms with Crippen molar-refractivity contribution in [1.82, 2.24) is 5.32 Å². The van der Waals surface area contributed by atoms with Crippen molar-refractivity contribution in [3.63, 3.8) is 0 Å². The van der Waals surface area contributed by atoms with Crippen molar-refractivity contribution >= 4 is 28.9 Å². The molecule has 3 rings (SSSR count). The predicted molar refractivity (Wildman–Crippen MR) is 100 cm³/mol. The Kier molecular flexibility index (Phi) is 5.50. The van der Waals surface area contributed by atoms with Crippen LogP contribution in [-0.2, 0) is 9.53 Å². The molecule has 0 radical (unpaired) electrons. The second-order valence-electron chi connectivity index (χ2n) is 6.05. The van der Waals surface area contributed by atoms with E-state index in [4.69, 9.17) is 4.74 Å². The smallest absolute Gasteiger partial charge is 0.350 e. The highest BCUT2D eigenvalue weighted by molar-refractivity contribution is 7.18. The number of ether oxygens (including phenoxy) is 1. The number of nitrogens with one attached hydrogen (secondary N) is 1. The quantitative estimate of drug-likeness (QED) is 0.852. The lowest BCUT2D eigenvalue weighted by molar-refractivity contribution is -0.117. The SMILES string of the molecule is COC(=O)c1sc(-c2ccccc2)cc1N(C(C)=O)C1CCNCC1. The molecule has 5 nitrogen and oxygen atoms in total. The second-order valence-corrected chi connectivity index (χ2v) is 7.11. The third-order valence-corrected chi connectivity index (χ3v) is 5.57. The minimum atomic E-state index is -0.401. The van der Waals surface area contributed by atoms with Gasteiger partial charge in [-0.1, -0.05) is 30.3 Å². The summed E-state index contributed by atoms with van der Waals surface area (Å²) in [5.74, 6) is -0.447. The molecule has 0 saturated carbocycles. The molecule has 2 aromatic rings. The minimum absolute atomic E-state index is 0.0468. The number of methoxy groups -OCH3 is 1. The lowest BCUT2D eigenvalue weighted by atomic mass is 10.0. The molecule has 0 bridgehead atoms. The van der Waals surface area contributed by atoms with E-state index in [2.05, 4.69) is 5.32 Å². The molecular weight excluding hydrogens is 336 g/mol. The summed E-state index contributed by atoms with van der Waals surface area (Å²) in [6, 6.07) is 11.9. The lowest BCUT2D eigenvalue weighted by Gasteiger charge is -2.33. The monoisotopic (exact) mass is 358 g/mol. The highest BCUT2D eigenvalue weighted by Crippen LogP contribution is 2.39. The summed E-state index contributed by atoms with van der Waals surface area (Å²) >= 11 is 1.37. The molecule has 6 heteroatoms. The van der Waals surface area contributed by atoms with Crippen LogP contribution in [0.2, 0.25) is 0 Å². The first-order chi connectivity index (χ1) is 12.1.